The molecule has 1 fully saturated rings. The van der Waals surface area contributed by atoms with Crippen LogP contribution in [0.15, 0.2) is 59.5 Å². The molecule has 1 saturated heterocycles. The summed E-state index contributed by atoms with van der Waals surface area (Å²) in [6, 6.07) is 14.8. The van der Waals surface area contributed by atoms with Gasteiger partial charge >= 0.3 is 11.9 Å². The van der Waals surface area contributed by atoms with Crippen molar-refractivity contribution in [2.45, 2.75) is 42.2 Å². The Labute approximate surface area is 239 Å². The van der Waals surface area contributed by atoms with Gasteiger partial charge in [-0.15, -0.1) is 0 Å². The number of benzene rings is 2. The van der Waals surface area contributed by atoms with Gasteiger partial charge in [0.2, 0.25) is 0 Å². The zero-order valence-corrected chi connectivity index (χ0v) is 24.9. The fraction of sp³-hybridized carbons (Fsp3) is 0.481. The first-order valence-electron chi connectivity index (χ1n) is 12.5. The van der Waals surface area contributed by atoms with Crippen LogP contribution in [0.25, 0.3) is 0 Å². The third-order valence-electron chi connectivity index (χ3n) is 6.67. The molecule has 0 amide bonds. The van der Waals surface area contributed by atoms with E-state index >= 15 is 0 Å². The van der Waals surface area contributed by atoms with Gasteiger partial charge in [0.25, 0.3) is 10.1 Å². The third-order valence-corrected chi connectivity index (χ3v) is 9.50. The van der Waals surface area contributed by atoms with E-state index in [1.165, 1.54) is 19.2 Å². The minimum atomic E-state index is -4.47. The summed E-state index contributed by atoms with van der Waals surface area (Å²) in [5, 5.41) is -1.75. The molecule has 226 valence electrons. The van der Waals surface area contributed by atoms with Crippen LogP contribution in [0.3, 0.4) is 0 Å². The largest absolute Gasteiger partial charge is 0.468 e. The van der Waals surface area contributed by atoms with E-state index < -0.39 is 74.1 Å². The molecule has 0 saturated carbocycles. The Morgan fingerprint density at radius 1 is 0.902 bits per heavy atom. The first kappa shape index (κ1) is 32.6. The number of aryl methyl sites for hydroxylation is 1. The van der Waals surface area contributed by atoms with Crippen LogP contribution in [-0.2, 0) is 64.0 Å². The van der Waals surface area contributed by atoms with Gasteiger partial charge in [-0.3, -0.25) is 13.8 Å². The van der Waals surface area contributed by atoms with Gasteiger partial charge in [0.15, 0.2) is 22.0 Å². The Kier molecular flexibility index (Phi) is 11.0. The van der Waals surface area contributed by atoms with E-state index in [1.807, 2.05) is 0 Å². The lowest BCUT2D eigenvalue weighted by Crippen LogP contribution is -2.63. The summed E-state index contributed by atoms with van der Waals surface area (Å²) < 4.78 is 84.8. The van der Waals surface area contributed by atoms with Gasteiger partial charge in [0, 0.05) is 13.0 Å². The topological polar surface area (TPSA) is 158 Å². The van der Waals surface area contributed by atoms with Crippen LogP contribution in [-0.4, -0.2) is 86.7 Å². The smallest absolute Gasteiger partial charge is 0.320 e. The molecule has 0 aliphatic carbocycles. The van der Waals surface area contributed by atoms with Gasteiger partial charge in [0.05, 0.1) is 38.6 Å². The molecule has 1 aliphatic heterocycles. The van der Waals surface area contributed by atoms with E-state index in [-0.39, 0.29) is 11.5 Å². The van der Waals surface area contributed by atoms with Crippen molar-refractivity contribution in [3.05, 3.63) is 65.7 Å². The van der Waals surface area contributed by atoms with Crippen LogP contribution in [0.4, 0.5) is 0 Å². The third kappa shape index (κ3) is 7.90. The zero-order valence-electron chi connectivity index (χ0n) is 23.3. The van der Waals surface area contributed by atoms with Gasteiger partial charge in [-0.05, 0) is 24.6 Å². The van der Waals surface area contributed by atoms with Crippen molar-refractivity contribution in [3.8, 4) is 0 Å². The average Bonchev–Trinajstić information content (AvgIpc) is 2.95. The lowest BCUT2D eigenvalue weighted by molar-refractivity contribution is -0.268. The standard InChI is InChI=1S/C27H34O12S2/c1-17-11-13-19(14-12-17)41(32,33)24-20(16-38-40(5,30)31)39-27(36-4)23(37-15-18-9-7-6-8-10-18)21(24)22(25(28)34-2)26(29)35-3/h6-14,20-24,27H,15-16H2,1-5H3/t20-,21-,23-,24-,27+/m1/s1. The molecule has 1 aliphatic rings. The van der Waals surface area contributed by atoms with E-state index in [4.69, 9.17) is 27.9 Å². The van der Waals surface area contributed by atoms with Crippen molar-refractivity contribution < 1.29 is 54.3 Å². The molecule has 0 unspecified atom stereocenters. The zero-order chi connectivity index (χ0) is 30.4. The van der Waals surface area contributed by atoms with E-state index in [1.54, 1.807) is 49.4 Å². The van der Waals surface area contributed by atoms with Gasteiger partial charge in [0.1, 0.15) is 17.5 Å². The number of hydrogen-bond acceptors (Lipinski definition) is 12. The fourth-order valence-corrected chi connectivity index (χ4v) is 7.23. The van der Waals surface area contributed by atoms with Crippen LogP contribution in [0.5, 0.6) is 0 Å². The number of sulfone groups is 1. The quantitative estimate of drug-likeness (QED) is 0.194. The maximum absolute atomic E-state index is 14.3. The number of carbonyl (C=O) groups excluding carboxylic acids is 2. The number of esters is 2. The summed E-state index contributed by atoms with van der Waals surface area (Å²) in [6.45, 7) is 0.945. The molecular weight excluding hydrogens is 580 g/mol. The summed E-state index contributed by atoms with van der Waals surface area (Å²) >= 11 is 0. The monoisotopic (exact) mass is 614 g/mol. The minimum absolute atomic E-state index is 0.0674. The van der Waals surface area contributed by atoms with E-state index in [0.717, 1.165) is 26.0 Å². The highest BCUT2D eigenvalue weighted by molar-refractivity contribution is 7.92. The van der Waals surface area contributed by atoms with E-state index in [2.05, 4.69) is 0 Å². The molecule has 14 heteroatoms. The van der Waals surface area contributed by atoms with Crippen molar-refractivity contribution in [1.29, 1.82) is 0 Å². The molecule has 1 heterocycles. The number of ether oxygens (including phenoxy) is 5. The summed E-state index contributed by atoms with van der Waals surface area (Å²) in [7, 11) is -5.19. The van der Waals surface area contributed by atoms with Crippen molar-refractivity contribution in [2.75, 3.05) is 34.2 Å². The highest BCUT2D eigenvalue weighted by Gasteiger charge is 2.59. The van der Waals surface area contributed by atoms with E-state index in [9.17, 15) is 26.4 Å². The second-order valence-corrected chi connectivity index (χ2v) is 13.2. The highest BCUT2D eigenvalue weighted by atomic mass is 32.2. The van der Waals surface area contributed by atoms with Crippen molar-refractivity contribution >= 4 is 31.9 Å². The fourth-order valence-electron chi connectivity index (χ4n) is 4.75. The molecule has 0 spiro atoms. The molecule has 0 aromatic heterocycles. The molecule has 0 N–H and O–H groups in total. The Bertz CT molecular complexity index is 1380. The summed E-state index contributed by atoms with van der Waals surface area (Å²) in [6.07, 6.45) is -3.43. The van der Waals surface area contributed by atoms with Gasteiger partial charge in [-0.1, -0.05) is 48.0 Å². The number of rotatable bonds is 12. The van der Waals surface area contributed by atoms with Crippen molar-refractivity contribution in [2.24, 2.45) is 11.8 Å². The Hall–Kier alpha value is -2.88. The molecule has 2 aromatic carbocycles. The van der Waals surface area contributed by atoms with Crippen LogP contribution in [0.1, 0.15) is 11.1 Å². The Morgan fingerprint density at radius 2 is 1.49 bits per heavy atom. The van der Waals surface area contributed by atoms with Crippen LogP contribution in [0, 0.1) is 18.8 Å². The van der Waals surface area contributed by atoms with Crippen molar-refractivity contribution in [1.82, 2.24) is 0 Å². The molecule has 0 bridgehead atoms. The lowest BCUT2D eigenvalue weighted by atomic mass is 9.80. The van der Waals surface area contributed by atoms with Crippen LogP contribution < -0.4 is 0 Å². The molecular formula is C27H34O12S2. The number of hydrogen-bond donors (Lipinski definition) is 0. The van der Waals surface area contributed by atoms with Gasteiger partial charge in [-0.2, -0.15) is 8.42 Å². The molecule has 0 radical (unpaired) electrons. The predicted octanol–water partition coefficient (Wildman–Crippen LogP) is 1.65. The number of methoxy groups -OCH3 is 3. The SMILES string of the molecule is COC(=O)C(C(=O)OC)[C@@H]1[C@@H](OCc2ccccc2)[C@@H](OC)O[C@H](COS(C)(=O)=O)[C@H]1S(=O)(=O)c1ccc(C)cc1. The van der Waals surface area contributed by atoms with Gasteiger partial charge in [-0.25, -0.2) is 8.42 Å². The minimum Gasteiger partial charge on any atom is -0.468 e. The van der Waals surface area contributed by atoms with Crippen molar-refractivity contribution in [3.63, 3.8) is 0 Å². The second-order valence-electron chi connectivity index (χ2n) is 9.45. The average molecular weight is 615 g/mol. The molecule has 12 nitrogen and oxygen atoms in total. The van der Waals surface area contributed by atoms with Crippen LogP contribution >= 0.6 is 0 Å². The lowest BCUT2D eigenvalue weighted by Gasteiger charge is -2.46. The first-order valence-corrected chi connectivity index (χ1v) is 15.8. The Morgan fingerprint density at radius 3 is 2.00 bits per heavy atom. The predicted molar refractivity (Wildman–Crippen MR) is 145 cm³/mol. The maximum atomic E-state index is 14.3. The Balaban J connectivity index is 2.25. The molecule has 41 heavy (non-hydrogen) atoms. The molecule has 5 atom stereocenters. The van der Waals surface area contributed by atoms with Gasteiger partial charge < -0.3 is 23.7 Å². The summed E-state index contributed by atoms with van der Waals surface area (Å²) in [5.41, 5.74) is 1.48. The molecule has 3 rings (SSSR count). The number of carbonyl (C=O) groups is 2. The first-order chi connectivity index (χ1) is 19.3. The normalized spacial score (nSPS) is 23.2. The summed E-state index contributed by atoms with van der Waals surface area (Å²) in [5.74, 6) is -5.52. The second kappa shape index (κ2) is 13.9. The van der Waals surface area contributed by atoms with Crippen LogP contribution in [0.2, 0.25) is 0 Å². The highest BCUT2D eigenvalue weighted by Crippen LogP contribution is 2.41. The van der Waals surface area contributed by atoms with E-state index in [0.29, 0.717) is 5.56 Å². The summed E-state index contributed by atoms with van der Waals surface area (Å²) in [4.78, 5) is 26.1. The maximum Gasteiger partial charge on any atom is 0.320 e. The molecule has 2 aromatic rings.